The number of aliphatic carboxylic acids is 1. The van der Waals surface area contributed by atoms with E-state index in [1.165, 1.54) is 6.07 Å². The molecule has 1 heterocycles. The lowest BCUT2D eigenvalue weighted by atomic mass is 10.1. The Morgan fingerprint density at radius 1 is 1.15 bits per heavy atom. The summed E-state index contributed by atoms with van der Waals surface area (Å²) in [5, 5.41) is 12.4. The van der Waals surface area contributed by atoms with Crippen LogP contribution in [0.1, 0.15) is 11.4 Å². The SMILES string of the molecule is O=C(O)C(Cc1ccccc1)Nc1nc(C(F)(F)F)nc2ccc(Br)cc12. The first-order valence-corrected chi connectivity index (χ1v) is 8.61. The molecule has 0 amide bonds. The minimum absolute atomic E-state index is 0.0619. The molecule has 0 spiro atoms. The molecule has 1 atom stereocenters. The van der Waals surface area contributed by atoms with Gasteiger partial charge in [-0.2, -0.15) is 13.2 Å². The fourth-order valence-corrected chi connectivity index (χ4v) is 2.91. The normalized spacial score (nSPS) is 12.7. The molecular weight excluding hydrogens is 427 g/mol. The first kappa shape index (κ1) is 19.1. The van der Waals surface area contributed by atoms with Crippen LogP contribution in [0.2, 0.25) is 0 Å². The third kappa shape index (κ3) is 4.54. The summed E-state index contributed by atoms with van der Waals surface area (Å²) in [6, 6.07) is 12.1. The fourth-order valence-electron chi connectivity index (χ4n) is 2.55. The van der Waals surface area contributed by atoms with Crippen LogP contribution in [0.15, 0.2) is 53.0 Å². The van der Waals surface area contributed by atoms with Crippen LogP contribution < -0.4 is 5.32 Å². The zero-order chi connectivity index (χ0) is 19.6. The number of benzene rings is 2. The summed E-state index contributed by atoms with van der Waals surface area (Å²) >= 11 is 3.25. The smallest absolute Gasteiger partial charge is 0.451 e. The molecule has 9 heteroatoms. The number of anilines is 1. The van der Waals surface area contributed by atoms with E-state index in [0.717, 1.165) is 5.56 Å². The van der Waals surface area contributed by atoms with Gasteiger partial charge in [-0.15, -0.1) is 0 Å². The number of rotatable bonds is 5. The molecule has 1 aromatic heterocycles. The van der Waals surface area contributed by atoms with Gasteiger partial charge in [0, 0.05) is 16.3 Å². The summed E-state index contributed by atoms with van der Waals surface area (Å²) in [4.78, 5) is 18.7. The molecule has 2 aromatic carbocycles. The molecule has 140 valence electrons. The summed E-state index contributed by atoms with van der Waals surface area (Å²) in [6.07, 6.45) is -4.67. The summed E-state index contributed by atoms with van der Waals surface area (Å²) < 4.78 is 40.0. The Kier molecular flexibility index (Phi) is 5.31. The predicted octanol–water partition coefficient (Wildman–Crippen LogP) is 4.52. The van der Waals surface area contributed by atoms with Gasteiger partial charge in [-0.3, -0.25) is 0 Å². The third-order valence-electron chi connectivity index (χ3n) is 3.80. The summed E-state index contributed by atoms with van der Waals surface area (Å²) in [5.74, 6) is -2.71. The van der Waals surface area contributed by atoms with E-state index in [4.69, 9.17) is 0 Å². The van der Waals surface area contributed by atoms with E-state index in [-0.39, 0.29) is 23.1 Å². The maximum atomic E-state index is 13.1. The molecule has 3 aromatic rings. The molecule has 27 heavy (non-hydrogen) atoms. The van der Waals surface area contributed by atoms with Crippen molar-refractivity contribution in [2.24, 2.45) is 0 Å². The Bertz CT molecular complexity index is 981. The monoisotopic (exact) mass is 439 g/mol. The van der Waals surface area contributed by atoms with Crippen molar-refractivity contribution in [1.82, 2.24) is 9.97 Å². The number of alkyl halides is 3. The molecule has 0 bridgehead atoms. The second-order valence-corrected chi connectivity index (χ2v) is 6.70. The van der Waals surface area contributed by atoms with Crippen LogP contribution in [-0.2, 0) is 17.4 Å². The van der Waals surface area contributed by atoms with Gasteiger partial charge in [0.25, 0.3) is 0 Å². The Balaban J connectivity index is 2.04. The molecule has 0 aliphatic heterocycles. The molecule has 0 saturated heterocycles. The largest absolute Gasteiger partial charge is 0.480 e. The molecule has 0 fully saturated rings. The number of hydrogen-bond donors (Lipinski definition) is 2. The van der Waals surface area contributed by atoms with Gasteiger partial charge in [-0.05, 0) is 23.8 Å². The summed E-state index contributed by atoms with van der Waals surface area (Å²) in [6.45, 7) is 0. The quantitative estimate of drug-likeness (QED) is 0.611. The molecule has 0 radical (unpaired) electrons. The number of nitrogens with zero attached hydrogens (tertiary/aromatic N) is 2. The fraction of sp³-hybridized carbons (Fsp3) is 0.167. The van der Waals surface area contributed by atoms with E-state index < -0.39 is 24.0 Å². The van der Waals surface area contributed by atoms with Crippen LogP contribution in [0, 0.1) is 0 Å². The van der Waals surface area contributed by atoms with Gasteiger partial charge < -0.3 is 10.4 Å². The Morgan fingerprint density at radius 2 is 1.85 bits per heavy atom. The van der Waals surface area contributed by atoms with E-state index in [9.17, 15) is 23.1 Å². The molecule has 0 aliphatic carbocycles. The first-order chi connectivity index (χ1) is 12.7. The maximum Gasteiger partial charge on any atom is 0.451 e. The number of carbonyl (C=O) groups is 1. The number of carboxylic acids is 1. The topological polar surface area (TPSA) is 75.1 Å². The van der Waals surface area contributed by atoms with Crippen LogP contribution in [0.4, 0.5) is 19.0 Å². The van der Waals surface area contributed by atoms with Crippen molar-refractivity contribution in [1.29, 1.82) is 0 Å². The highest BCUT2D eigenvalue weighted by Gasteiger charge is 2.36. The van der Waals surface area contributed by atoms with Crippen molar-refractivity contribution in [3.8, 4) is 0 Å². The van der Waals surface area contributed by atoms with Crippen molar-refractivity contribution >= 4 is 38.6 Å². The van der Waals surface area contributed by atoms with Gasteiger partial charge in [0.05, 0.1) is 5.52 Å². The predicted molar refractivity (Wildman–Crippen MR) is 97.4 cm³/mol. The standard InChI is InChI=1S/C18H13BrF3N3O2/c19-11-6-7-13-12(9-11)15(25-17(24-13)18(20,21)22)23-14(16(26)27)8-10-4-2-1-3-5-10/h1-7,9,14H,8H2,(H,26,27)(H,23,24,25). The Labute approximate surface area is 160 Å². The van der Waals surface area contributed by atoms with E-state index in [2.05, 4.69) is 31.2 Å². The number of fused-ring (bicyclic) bond motifs is 1. The highest BCUT2D eigenvalue weighted by atomic mass is 79.9. The minimum Gasteiger partial charge on any atom is -0.480 e. The zero-order valence-corrected chi connectivity index (χ0v) is 15.3. The van der Waals surface area contributed by atoms with Gasteiger partial charge in [0.1, 0.15) is 11.9 Å². The van der Waals surface area contributed by atoms with Crippen LogP contribution in [0.5, 0.6) is 0 Å². The highest BCUT2D eigenvalue weighted by Crippen LogP contribution is 2.31. The molecule has 1 unspecified atom stereocenters. The number of hydrogen-bond acceptors (Lipinski definition) is 4. The van der Waals surface area contributed by atoms with Crippen molar-refractivity contribution < 1.29 is 23.1 Å². The Hall–Kier alpha value is -2.68. The van der Waals surface area contributed by atoms with E-state index >= 15 is 0 Å². The lowest BCUT2D eigenvalue weighted by Crippen LogP contribution is -2.32. The van der Waals surface area contributed by atoms with Gasteiger partial charge in [-0.1, -0.05) is 46.3 Å². The lowest BCUT2D eigenvalue weighted by Gasteiger charge is -2.18. The van der Waals surface area contributed by atoms with Crippen LogP contribution in [0.3, 0.4) is 0 Å². The van der Waals surface area contributed by atoms with Gasteiger partial charge in [-0.25, -0.2) is 14.8 Å². The van der Waals surface area contributed by atoms with E-state index in [1.54, 1.807) is 42.5 Å². The Morgan fingerprint density at radius 3 is 2.48 bits per heavy atom. The highest BCUT2D eigenvalue weighted by molar-refractivity contribution is 9.10. The molecule has 2 N–H and O–H groups in total. The first-order valence-electron chi connectivity index (χ1n) is 7.82. The second kappa shape index (κ2) is 7.51. The van der Waals surface area contributed by atoms with E-state index in [0.29, 0.717) is 4.47 Å². The average molecular weight is 440 g/mol. The maximum absolute atomic E-state index is 13.1. The number of halogens is 4. The van der Waals surface area contributed by atoms with Crippen molar-refractivity contribution in [3.05, 3.63) is 64.4 Å². The zero-order valence-electron chi connectivity index (χ0n) is 13.7. The molecule has 5 nitrogen and oxygen atoms in total. The van der Waals surface area contributed by atoms with E-state index in [1.807, 2.05) is 0 Å². The second-order valence-electron chi connectivity index (χ2n) is 5.78. The molecule has 0 saturated carbocycles. The molecular formula is C18H13BrF3N3O2. The average Bonchev–Trinajstić information content (AvgIpc) is 2.61. The van der Waals surface area contributed by atoms with Crippen molar-refractivity contribution in [2.75, 3.05) is 5.32 Å². The van der Waals surface area contributed by atoms with Gasteiger partial charge >= 0.3 is 12.1 Å². The number of carboxylic acid groups (broad SMARTS) is 1. The number of nitrogens with one attached hydrogen (secondary N) is 1. The third-order valence-corrected chi connectivity index (χ3v) is 4.30. The van der Waals surface area contributed by atoms with Gasteiger partial charge in [0.2, 0.25) is 5.82 Å². The van der Waals surface area contributed by atoms with Crippen molar-refractivity contribution in [3.63, 3.8) is 0 Å². The molecule has 3 rings (SSSR count). The van der Waals surface area contributed by atoms with Gasteiger partial charge in [0.15, 0.2) is 0 Å². The van der Waals surface area contributed by atoms with Crippen LogP contribution >= 0.6 is 15.9 Å². The molecule has 0 aliphatic rings. The summed E-state index contributed by atoms with van der Waals surface area (Å²) in [7, 11) is 0. The minimum atomic E-state index is -4.75. The van der Waals surface area contributed by atoms with Crippen molar-refractivity contribution in [2.45, 2.75) is 18.6 Å². The summed E-state index contributed by atoms with van der Waals surface area (Å²) in [5.41, 5.74) is 0.792. The lowest BCUT2D eigenvalue weighted by molar-refractivity contribution is -0.144. The number of aromatic nitrogens is 2. The van der Waals surface area contributed by atoms with Crippen LogP contribution in [-0.4, -0.2) is 27.1 Å². The van der Waals surface area contributed by atoms with Crippen LogP contribution in [0.25, 0.3) is 10.9 Å².